The topological polar surface area (TPSA) is 47.3 Å². The van der Waals surface area contributed by atoms with Crippen LogP contribution in [0.2, 0.25) is 0 Å². The number of nitrogens with one attached hydrogen (secondary N) is 1. The lowest BCUT2D eigenvalue weighted by atomic mass is 10.3. The van der Waals surface area contributed by atoms with Crippen molar-refractivity contribution in [2.24, 2.45) is 0 Å². The molecule has 0 aromatic heterocycles. The molecule has 0 fully saturated rings. The number of anilines is 2. The first kappa shape index (κ1) is 9.66. The van der Waals surface area contributed by atoms with Gasteiger partial charge in [0.1, 0.15) is 0 Å². The zero-order valence-corrected chi connectivity index (χ0v) is 6.43. The summed E-state index contributed by atoms with van der Waals surface area (Å²) in [5, 5.41) is 0. The van der Waals surface area contributed by atoms with Crippen molar-refractivity contribution in [2.75, 3.05) is 11.2 Å². The molecule has 0 radical (unpaired) electrons. The Morgan fingerprint density at radius 2 is 1.85 bits per heavy atom. The van der Waals surface area contributed by atoms with Crippen molar-refractivity contribution >= 4 is 11.4 Å². The predicted molar refractivity (Wildman–Crippen MR) is 41.6 cm³/mol. The van der Waals surface area contributed by atoms with Gasteiger partial charge in [-0.25, -0.2) is 0 Å². The van der Waals surface area contributed by atoms with Crippen LogP contribution in [0.1, 0.15) is 0 Å². The van der Waals surface area contributed by atoms with Gasteiger partial charge in [-0.2, -0.15) is 4.84 Å². The third-order valence-electron chi connectivity index (χ3n) is 1.24. The molecule has 72 valence electrons. The van der Waals surface area contributed by atoms with Crippen molar-refractivity contribution in [3.05, 3.63) is 24.3 Å². The van der Waals surface area contributed by atoms with E-state index in [9.17, 15) is 13.2 Å². The quantitative estimate of drug-likeness (QED) is 0.557. The van der Waals surface area contributed by atoms with E-state index in [-0.39, 0.29) is 11.4 Å². The van der Waals surface area contributed by atoms with Gasteiger partial charge in [-0.15, -0.1) is 13.2 Å². The highest BCUT2D eigenvalue weighted by Crippen LogP contribution is 2.21. The van der Waals surface area contributed by atoms with Crippen LogP contribution in [0.3, 0.4) is 0 Å². The predicted octanol–water partition coefficient (Wildman–Crippen LogP) is 2.13. The molecular weight excluding hydrogens is 185 g/mol. The number of hydrogen-bond donors (Lipinski definition) is 2. The summed E-state index contributed by atoms with van der Waals surface area (Å²) in [6.45, 7) is 0. The third-order valence-corrected chi connectivity index (χ3v) is 1.24. The molecule has 6 heteroatoms. The normalized spacial score (nSPS) is 11.3. The fraction of sp³-hybridized carbons (Fsp3) is 0.143. The Kier molecular flexibility index (Phi) is 2.62. The molecule has 0 spiro atoms. The molecule has 0 atom stereocenters. The maximum absolute atomic E-state index is 11.5. The number of hydrogen-bond acceptors (Lipinski definition) is 3. The summed E-state index contributed by atoms with van der Waals surface area (Å²) in [5.74, 6) is 0. The minimum atomic E-state index is -4.72. The maximum Gasteiger partial charge on any atom is 0.543 e. The molecule has 0 heterocycles. The summed E-state index contributed by atoms with van der Waals surface area (Å²) < 4.78 is 34.6. The van der Waals surface area contributed by atoms with Crippen LogP contribution in [-0.4, -0.2) is 6.36 Å². The van der Waals surface area contributed by atoms with Crippen molar-refractivity contribution in [3.63, 3.8) is 0 Å². The monoisotopic (exact) mass is 192 g/mol. The van der Waals surface area contributed by atoms with Gasteiger partial charge < -0.3 is 5.73 Å². The summed E-state index contributed by atoms with van der Waals surface area (Å²) in [5.41, 5.74) is 7.31. The molecule has 0 aliphatic heterocycles. The highest BCUT2D eigenvalue weighted by Gasteiger charge is 2.30. The zero-order chi connectivity index (χ0) is 9.90. The van der Waals surface area contributed by atoms with E-state index in [2.05, 4.69) is 4.84 Å². The molecule has 1 aromatic carbocycles. The molecule has 1 aromatic rings. The molecule has 0 aliphatic rings. The average molecular weight is 192 g/mol. The number of nitrogen functional groups attached to an aromatic ring is 1. The molecule has 0 saturated carbocycles. The van der Waals surface area contributed by atoms with Gasteiger partial charge in [0.15, 0.2) is 0 Å². The van der Waals surface area contributed by atoms with Crippen LogP contribution >= 0.6 is 0 Å². The van der Waals surface area contributed by atoms with Crippen molar-refractivity contribution in [3.8, 4) is 0 Å². The Labute approximate surface area is 72.3 Å². The Morgan fingerprint density at radius 3 is 2.38 bits per heavy atom. The lowest BCUT2D eigenvalue weighted by Gasteiger charge is -2.10. The lowest BCUT2D eigenvalue weighted by molar-refractivity contribution is -0.311. The molecule has 3 nitrogen and oxygen atoms in total. The van der Waals surface area contributed by atoms with Crippen molar-refractivity contribution < 1.29 is 18.0 Å². The highest BCUT2D eigenvalue weighted by molar-refractivity contribution is 5.64. The fourth-order valence-corrected chi connectivity index (χ4v) is 0.703. The number of benzene rings is 1. The van der Waals surface area contributed by atoms with Crippen LogP contribution in [0, 0.1) is 0 Å². The van der Waals surface area contributed by atoms with Crippen LogP contribution in [0.5, 0.6) is 0 Å². The van der Waals surface area contributed by atoms with Crippen molar-refractivity contribution in [2.45, 2.75) is 6.36 Å². The van der Waals surface area contributed by atoms with E-state index >= 15 is 0 Å². The van der Waals surface area contributed by atoms with Gasteiger partial charge in [-0.05, 0) is 12.1 Å². The second-order valence-electron chi connectivity index (χ2n) is 2.24. The first-order valence-corrected chi connectivity index (χ1v) is 3.34. The first-order chi connectivity index (χ1) is 5.99. The van der Waals surface area contributed by atoms with E-state index in [1.165, 1.54) is 12.1 Å². The third kappa shape index (κ3) is 3.20. The lowest BCUT2D eigenvalue weighted by Crippen LogP contribution is -2.18. The van der Waals surface area contributed by atoms with Crippen LogP contribution in [-0.2, 0) is 4.84 Å². The molecular formula is C7H7F3N2O. The van der Waals surface area contributed by atoms with Gasteiger partial charge in [0.25, 0.3) is 0 Å². The highest BCUT2D eigenvalue weighted by atomic mass is 19.4. The minimum Gasteiger partial charge on any atom is -0.397 e. The fourth-order valence-electron chi connectivity index (χ4n) is 0.703. The Morgan fingerprint density at radius 1 is 1.23 bits per heavy atom. The minimum absolute atomic E-state index is 0.0832. The number of halogens is 3. The average Bonchev–Trinajstić information content (AvgIpc) is 2.01. The van der Waals surface area contributed by atoms with Crippen molar-refractivity contribution in [1.82, 2.24) is 0 Å². The summed E-state index contributed by atoms with van der Waals surface area (Å²) in [6, 6.07) is 5.98. The molecule has 0 aliphatic carbocycles. The van der Waals surface area contributed by atoms with Crippen LogP contribution in [0.4, 0.5) is 24.5 Å². The van der Waals surface area contributed by atoms with E-state index in [4.69, 9.17) is 5.73 Å². The Balaban J connectivity index is 2.60. The largest absolute Gasteiger partial charge is 0.543 e. The molecule has 13 heavy (non-hydrogen) atoms. The zero-order valence-electron chi connectivity index (χ0n) is 6.43. The summed E-state index contributed by atoms with van der Waals surface area (Å²) in [7, 11) is 0. The molecule has 0 amide bonds. The van der Waals surface area contributed by atoms with Crippen LogP contribution in [0.15, 0.2) is 24.3 Å². The maximum atomic E-state index is 11.5. The van der Waals surface area contributed by atoms with Gasteiger partial charge in [-0.3, -0.25) is 5.48 Å². The standard InChI is InChI=1S/C7H7F3N2O/c8-7(9,10)13-12-6-4-2-1-3-5(6)11/h1-4,12H,11H2. The molecule has 0 saturated heterocycles. The van der Waals surface area contributed by atoms with Gasteiger partial charge in [0.05, 0.1) is 11.4 Å². The molecule has 0 bridgehead atoms. The van der Waals surface area contributed by atoms with E-state index in [1.54, 1.807) is 17.6 Å². The van der Waals surface area contributed by atoms with E-state index in [0.717, 1.165) is 0 Å². The first-order valence-electron chi connectivity index (χ1n) is 3.34. The molecule has 3 N–H and O–H groups in total. The van der Waals surface area contributed by atoms with E-state index < -0.39 is 6.36 Å². The summed E-state index contributed by atoms with van der Waals surface area (Å²) in [6.07, 6.45) is -4.72. The second kappa shape index (κ2) is 3.53. The van der Waals surface area contributed by atoms with Gasteiger partial charge in [0, 0.05) is 0 Å². The van der Waals surface area contributed by atoms with Gasteiger partial charge >= 0.3 is 6.36 Å². The number of nitrogens with two attached hydrogens (primary N) is 1. The van der Waals surface area contributed by atoms with Gasteiger partial charge in [0.2, 0.25) is 0 Å². The summed E-state index contributed by atoms with van der Waals surface area (Å²) >= 11 is 0. The van der Waals surface area contributed by atoms with Crippen molar-refractivity contribution in [1.29, 1.82) is 0 Å². The Hall–Kier alpha value is -1.43. The van der Waals surface area contributed by atoms with Crippen LogP contribution in [0.25, 0.3) is 0 Å². The second-order valence-corrected chi connectivity index (χ2v) is 2.24. The number of para-hydroxylation sites is 2. The summed E-state index contributed by atoms with van der Waals surface area (Å²) in [4.78, 5) is 3.37. The smallest absolute Gasteiger partial charge is 0.397 e. The van der Waals surface area contributed by atoms with Gasteiger partial charge in [-0.1, -0.05) is 12.1 Å². The van der Waals surface area contributed by atoms with E-state index in [0.29, 0.717) is 0 Å². The molecule has 1 rings (SSSR count). The molecule has 0 unspecified atom stereocenters. The van der Waals surface area contributed by atoms with Crippen LogP contribution < -0.4 is 11.2 Å². The number of alkyl halides is 3. The number of rotatable bonds is 2. The van der Waals surface area contributed by atoms with E-state index in [1.807, 2.05) is 0 Å². The SMILES string of the molecule is Nc1ccccc1NOC(F)(F)F. The Bertz CT molecular complexity index is 287.